The van der Waals surface area contributed by atoms with Crippen molar-refractivity contribution in [3.05, 3.63) is 29.8 Å². The SMILES string of the molecule is Cc1ccccc1N(CCCC(=O)NCC1CCCCC1)S(C)(=O)=O. The van der Waals surface area contributed by atoms with Gasteiger partial charge in [-0.2, -0.15) is 0 Å². The van der Waals surface area contributed by atoms with Crippen LogP contribution in [0.25, 0.3) is 0 Å². The van der Waals surface area contributed by atoms with Crippen LogP contribution < -0.4 is 9.62 Å². The maximum Gasteiger partial charge on any atom is 0.232 e. The van der Waals surface area contributed by atoms with E-state index in [-0.39, 0.29) is 5.91 Å². The predicted octanol–water partition coefficient (Wildman–Crippen LogP) is 3.24. The lowest BCUT2D eigenvalue weighted by molar-refractivity contribution is -0.121. The smallest absolute Gasteiger partial charge is 0.232 e. The van der Waals surface area contributed by atoms with Crippen molar-refractivity contribution in [2.24, 2.45) is 5.92 Å². The first-order valence-electron chi connectivity index (χ1n) is 9.18. The highest BCUT2D eigenvalue weighted by molar-refractivity contribution is 7.92. The largest absolute Gasteiger partial charge is 0.356 e. The maximum atomic E-state index is 12.1. The number of hydrogen-bond acceptors (Lipinski definition) is 3. The molecule has 6 heteroatoms. The van der Waals surface area contributed by atoms with Crippen LogP contribution in [0.4, 0.5) is 5.69 Å². The lowest BCUT2D eigenvalue weighted by Crippen LogP contribution is -2.33. The van der Waals surface area contributed by atoms with Crippen molar-refractivity contribution in [2.75, 3.05) is 23.7 Å². The number of anilines is 1. The zero-order valence-corrected chi connectivity index (χ0v) is 16.1. The van der Waals surface area contributed by atoms with E-state index in [0.29, 0.717) is 31.0 Å². The van der Waals surface area contributed by atoms with E-state index < -0.39 is 10.0 Å². The second-order valence-corrected chi connectivity index (χ2v) is 8.94. The van der Waals surface area contributed by atoms with Crippen LogP contribution in [-0.2, 0) is 14.8 Å². The van der Waals surface area contributed by atoms with E-state index in [1.54, 1.807) is 6.07 Å². The Balaban J connectivity index is 1.82. The number of rotatable bonds is 8. The first-order valence-corrected chi connectivity index (χ1v) is 11.0. The lowest BCUT2D eigenvalue weighted by atomic mass is 9.89. The summed E-state index contributed by atoms with van der Waals surface area (Å²) in [5, 5.41) is 3.01. The summed E-state index contributed by atoms with van der Waals surface area (Å²) < 4.78 is 25.6. The second-order valence-electron chi connectivity index (χ2n) is 7.03. The van der Waals surface area contributed by atoms with Crippen molar-refractivity contribution in [1.82, 2.24) is 5.32 Å². The highest BCUT2D eigenvalue weighted by Gasteiger charge is 2.19. The number of carbonyl (C=O) groups excluding carboxylic acids is 1. The van der Waals surface area contributed by atoms with E-state index in [9.17, 15) is 13.2 Å². The number of sulfonamides is 1. The van der Waals surface area contributed by atoms with Gasteiger partial charge in [0.1, 0.15) is 0 Å². The Morgan fingerprint density at radius 1 is 1.20 bits per heavy atom. The molecule has 1 N–H and O–H groups in total. The summed E-state index contributed by atoms with van der Waals surface area (Å²) in [6.07, 6.45) is 8.32. The van der Waals surface area contributed by atoms with E-state index in [1.807, 2.05) is 25.1 Å². The fourth-order valence-corrected chi connectivity index (χ4v) is 4.45. The maximum absolute atomic E-state index is 12.1. The third-order valence-electron chi connectivity index (χ3n) is 4.86. The minimum Gasteiger partial charge on any atom is -0.356 e. The average Bonchev–Trinajstić information content (AvgIpc) is 2.58. The molecule has 2 rings (SSSR count). The molecule has 1 aromatic carbocycles. The van der Waals surface area contributed by atoms with Crippen LogP contribution in [0.5, 0.6) is 0 Å². The molecule has 140 valence electrons. The van der Waals surface area contributed by atoms with Crippen molar-refractivity contribution in [3.63, 3.8) is 0 Å². The van der Waals surface area contributed by atoms with E-state index in [0.717, 1.165) is 12.1 Å². The van der Waals surface area contributed by atoms with E-state index in [4.69, 9.17) is 0 Å². The molecule has 0 heterocycles. The average molecular weight is 367 g/mol. The fraction of sp³-hybridized carbons (Fsp3) is 0.632. The first kappa shape index (κ1) is 19.8. The Hall–Kier alpha value is -1.56. The molecule has 0 radical (unpaired) electrons. The molecule has 1 aliphatic rings. The van der Waals surface area contributed by atoms with Gasteiger partial charge < -0.3 is 5.32 Å². The van der Waals surface area contributed by atoms with Gasteiger partial charge in [-0.25, -0.2) is 8.42 Å². The van der Waals surface area contributed by atoms with Gasteiger partial charge in [-0.15, -0.1) is 0 Å². The summed E-state index contributed by atoms with van der Waals surface area (Å²) in [7, 11) is -3.37. The van der Waals surface area contributed by atoms with Crippen LogP contribution in [-0.4, -0.2) is 33.7 Å². The summed E-state index contributed by atoms with van der Waals surface area (Å²) in [4.78, 5) is 12.0. The minimum atomic E-state index is -3.37. The van der Waals surface area contributed by atoms with E-state index >= 15 is 0 Å². The molecule has 0 saturated heterocycles. The third kappa shape index (κ3) is 6.34. The van der Waals surface area contributed by atoms with Crippen molar-refractivity contribution in [2.45, 2.75) is 51.9 Å². The normalized spacial score (nSPS) is 15.8. The van der Waals surface area contributed by atoms with E-state index in [2.05, 4.69) is 5.32 Å². The highest BCUT2D eigenvalue weighted by Crippen LogP contribution is 2.23. The van der Waals surface area contributed by atoms with Gasteiger partial charge in [0.05, 0.1) is 11.9 Å². The molecular formula is C19H30N2O3S. The monoisotopic (exact) mass is 366 g/mol. The number of carbonyl (C=O) groups is 1. The summed E-state index contributed by atoms with van der Waals surface area (Å²) in [5.74, 6) is 0.626. The van der Waals surface area contributed by atoms with Crippen LogP contribution in [0.3, 0.4) is 0 Å². The molecular weight excluding hydrogens is 336 g/mol. The Morgan fingerprint density at radius 2 is 1.88 bits per heavy atom. The summed E-state index contributed by atoms with van der Waals surface area (Å²) in [5.41, 5.74) is 1.60. The van der Waals surface area contributed by atoms with Gasteiger partial charge >= 0.3 is 0 Å². The number of nitrogens with zero attached hydrogens (tertiary/aromatic N) is 1. The van der Waals surface area contributed by atoms with Gasteiger partial charge in [-0.1, -0.05) is 37.5 Å². The standard InChI is InChI=1S/C19H30N2O3S/c1-16-9-6-7-12-18(16)21(25(2,23)24)14-8-13-19(22)20-15-17-10-4-3-5-11-17/h6-7,9,12,17H,3-5,8,10-11,13-15H2,1-2H3,(H,20,22). The van der Waals surface area contributed by atoms with Crippen molar-refractivity contribution in [1.29, 1.82) is 0 Å². The van der Waals surface area contributed by atoms with Crippen LogP contribution in [0.15, 0.2) is 24.3 Å². The van der Waals surface area contributed by atoms with Gasteiger partial charge in [0.2, 0.25) is 15.9 Å². The molecule has 0 atom stereocenters. The zero-order valence-electron chi connectivity index (χ0n) is 15.3. The Morgan fingerprint density at radius 3 is 2.52 bits per heavy atom. The molecule has 0 aliphatic heterocycles. The Labute approximate surface area is 151 Å². The summed E-state index contributed by atoms with van der Waals surface area (Å²) >= 11 is 0. The Kier molecular flexibility index (Phi) is 7.29. The number of hydrogen-bond donors (Lipinski definition) is 1. The minimum absolute atomic E-state index is 0.0174. The first-order chi connectivity index (χ1) is 11.9. The Bertz CT molecular complexity index is 667. The molecule has 1 amide bonds. The molecule has 5 nitrogen and oxygen atoms in total. The predicted molar refractivity (Wildman–Crippen MR) is 102 cm³/mol. The van der Waals surface area contributed by atoms with Crippen molar-refractivity contribution < 1.29 is 13.2 Å². The van der Waals surface area contributed by atoms with Crippen LogP contribution in [0, 0.1) is 12.8 Å². The summed E-state index contributed by atoms with van der Waals surface area (Å²) in [6.45, 7) is 2.97. The zero-order chi connectivity index (χ0) is 18.3. The topological polar surface area (TPSA) is 66.5 Å². The number of benzene rings is 1. The van der Waals surface area contributed by atoms with Crippen LogP contribution in [0.2, 0.25) is 0 Å². The van der Waals surface area contributed by atoms with Gasteiger partial charge in [0.25, 0.3) is 0 Å². The van der Waals surface area contributed by atoms with Crippen LogP contribution in [0.1, 0.15) is 50.5 Å². The number of nitrogens with one attached hydrogen (secondary N) is 1. The molecule has 0 aromatic heterocycles. The molecule has 1 aliphatic carbocycles. The van der Waals surface area contributed by atoms with E-state index in [1.165, 1.54) is 42.7 Å². The molecule has 1 fully saturated rings. The summed E-state index contributed by atoms with van der Waals surface area (Å²) in [6, 6.07) is 7.42. The molecule has 0 bridgehead atoms. The number of para-hydroxylation sites is 1. The van der Waals surface area contributed by atoms with Crippen molar-refractivity contribution in [3.8, 4) is 0 Å². The molecule has 25 heavy (non-hydrogen) atoms. The lowest BCUT2D eigenvalue weighted by Gasteiger charge is -2.24. The van der Waals surface area contributed by atoms with Gasteiger partial charge in [0, 0.05) is 19.5 Å². The second kappa shape index (κ2) is 9.22. The molecule has 1 saturated carbocycles. The number of amides is 1. The molecule has 0 spiro atoms. The molecule has 0 unspecified atom stereocenters. The fourth-order valence-electron chi connectivity index (χ4n) is 3.43. The van der Waals surface area contributed by atoms with Crippen LogP contribution >= 0.6 is 0 Å². The van der Waals surface area contributed by atoms with Gasteiger partial charge in [0.15, 0.2) is 0 Å². The highest BCUT2D eigenvalue weighted by atomic mass is 32.2. The van der Waals surface area contributed by atoms with Crippen molar-refractivity contribution >= 4 is 21.6 Å². The molecule has 1 aromatic rings. The third-order valence-corrected chi connectivity index (χ3v) is 6.04. The number of aryl methyl sites for hydroxylation is 1. The van der Waals surface area contributed by atoms with Gasteiger partial charge in [-0.3, -0.25) is 9.10 Å². The quantitative estimate of drug-likeness (QED) is 0.768. The van der Waals surface area contributed by atoms with Gasteiger partial charge in [-0.05, 0) is 43.7 Å².